The molecule has 1 aliphatic rings. The lowest BCUT2D eigenvalue weighted by Crippen LogP contribution is -2.54. The molecule has 2 atom stereocenters. The number of benzene rings is 1. The van der Waals surface area contributed by atoms with Crippen molar-refractivity contribution in [3.63, 3.8) is 0 Å². The Morgan fingerprint density at radius 1 is 1.18 bits per heavy atom. The molecule has 0 aliphatic heterocycles. The second-order valence-electron chi connectivity index (χ2n) is 9.67. The lowest BCUT2D eigenvalue weighted by Gasteiger charge is -2.35. The van der Waals surface area contributed by atoms with E-state index in [0.29, 0.717) is 6.54 Å². The molecule has 2 N–H and O–H groups in total. The van der Waals surface area contributed by atoms with E-state index in [9.17, 15) is 14.4 Å². The number of nitrogens with one attached hydrogen (secondary N) is 2. The summed E-state index contributed by atoms with van der Waals surface area (Å²) < 4.78 is 5.31. The van der Waals surface area contributed by atoms with E-state index in [1.165, 1.54) is 11.3 Å². The van der Waals surface area contributed by atoms with E-state index in [4.69, 9.17) is 4.74 Å². The van der Waals surface area contributed by atoms with Crippen molar-refractivity contribution in [3.8, 4) is 0 Å². The second kappa shape index (κ2) is 12.3. The molecular formula is C25H39N3O4S. The number of likely N-dealkylation sites (N-methyl/N-ethyl adjacent to an activating group) is 1. The van der Waals surface area contributed by atoms with E-state index in [0.717, 1.165) is 36.8 Å². The molecule has 2 unspecified atom stereocenters. The molecule has 0 radical (unpaired) electrons. The zero-order valence-corrected chi connectivity index (χ0v) is 21.4. The predicted molar refractivity (Wildman–Crippen MR) is 133 cm³/mol. The molecule has 1 saturated carbocycles. The maximum absolute atomic E-state index is 13.5. The molecule has 33 heavy (non-hydrogen) atoms. The summed E-state index contributed by atoms with van der Waals surface area (Å²) in [6.07, 6.45) is 4.59. The topological polar surface area (TPSA) is 87.7 Å². The number of thiol groups is 1. The number of rotatable bonds is 8. The molecular weight excluding hydrogens is 438 g/mol. The summed E-state index contributed by atoms with van der Waals surface area (Å²) >= 11 is 4.29. The van der Waals surface area contributed by atoms with Gasteiger partial charge in [-0.1, -0.05) is 49.1 Å². The van der Waals surface area contributed by atoms with Gasteiger partial charge in [-0.05, 0) is 53.0 Å². The standard InChI is InChI=1S/C25H39N3O4S/c1-6-28(23(30)20(16-33)27-24(31)32-25(3,4)5)21(18-12-10-11-17(2)15-18)22(29)26-19-13-8-7-9-14-19/h10-12,15,19-21,33H,6-9,13-14,16H2,1-5H3,(H,26,29)(H,27,31). The van der Waals surface area contributed by atoms with Crippen molar-refractivity contribution < 1.29 is 19.1 Å². The summed E-state index contributed by atoms with van der Waals surface area (Å²) in [7, 11) is 0. The van der Waals surface area contributed by atoms with Gasteiger partial charge < -0.3 is 20.3 Å². The van der Waals surface area contributed by atoms with Gasteiger partial charge in [0.25, 0.3) is 0 Å². The Morgan fingerprint density at radius 2 is 1.85 bits per heavy atom. The minimum Gasteiger partial charge on any atom is -0.444 e. The minimum atomic E-state index is -0.919. The third-order valence-corrected chi connectivity index (χ3v) is 6.03. The summed E-state index contributed by atoms with van der Waals surface area (Å²) in [6.45, 7) is 9.36. The monoisotopic (exact) mass is 477 g/mol. The second-order valence-corrected chi connectivity index (χ2v) is 10.0. The maximum Gasteiger partial charge on any atom is 0.408 e. The smallest absolute Gasteiger partial charge is 0.408 e. The first-order valence-corrected chi connectivity index (χ1v) is 12.5. The molecule has 0 bridgehead atoms. The van der Waals surface area contributed by atoms with Gasteiger partial charge in [-0.2, -0.15) is 12.6 Å². The number of alkyl carbamates (subject to hydrolysis) is 1. The zero-order valence-electron chi connectivity index (χ0n) is 20.5. The van der Waals surface area contributed by atoms with Crippen LogP contribution in [0.15, 0.2) is 24.3 Å². The van der Waals surface area contributed by atoms with E-state index in [1.54, 1.807) is 20.8 Å². The van der Waals surface area contributed by atoms with E-state index in [2.05, 4.69) is 23.3 Å². The van der Waals surface area contributed by atoms with E-state index >= 15 is 0 Å². The molecule has 0 heterocycles. The Bertz CT molecular complexity index is 818. The van der Waals surface area contributed by atoms with Crippen molar-refractivity contribution >= 4 is 30.5 Å². The first kappa shape index (κ1) is 27.0. The fourth-order valence-corrected chi connectivity index (χ4v) is 4.39. The highest BCUT2D eigenvalue weighted by Crippen LogP contribution is 2.25. The molecule has 7 nitrogen and oxygen atoms in total. The van der Waals surface area contributed by atoms with Crippen LogP contribution in [0, 0.1) is 6.92 Å². The summed E-state index contributed by atoms with van der Waals surface area (Å²) in [5.41, 5.74) is 1.06. The predicted octanol–water partition coefficient (Wildman–Crippen LogP) is 4.16. The normalized spacial score (nSPS) is 16.4. The van der Waals surface area contributed by atoms with Gasteiger partial charge in [-0.15, -0.1) is 0 Å². The van der Waals surface area contributed by atoms with Crippen LogP contribution in [-0.2, 0) is 14.3 Å². The molecule has 2 rings (SSSR count). The van der Waals surface area contributed by atoms with Crippen molar-refractivity contribution in [1.82, 2.24) is 15.5 Å². The van der Waals surface area contributed by atoms with Gasteiger partial charge in [0.1, 0.15) is 17.7 Å². The van der Waals surface area contributed by atoms with Crippen LogP contribution in [0.4, 0.5) is 4.79 Å². The zero-order chi connectivity index (χ0) is 24.6. The van der Waals surface area contributed by atoms with Crippen LogP contribution >= 0.6 is 12.6 Å². The average molecular weight is 478 g/mol. The lowest BCUT2D eigenvalue weighted by molar-refractivity contribution is -0.142. The van der Waals surface area contributed by atoms with Crippen LogP contribution in [0.1, 0.15) is 77.0 Å². The summed E-state index contributed by atoms with van der Waals surface area (Å²) in [5.74, 6) is -0.485. The summed E-state index contributed by atoms with van der Waals surface area (Å²) in [5, 5.41) is 5.79. The van der Waals surface area contributed by atoms with Crippen LogP contribution in [0.5, 0.6) is 0 Å². The Balaban J connectivity index is 2.30. The third-order valence-electron chi connectivity index (χ3n) is 5.66. The molecule has 1 fully saturated rings. The Morgan fingerprint density at radius 3 is 2.39 bits per heavy atom. The lowest BCUT2D eigenvalue weighted by atomic mass is 9.94. The maximum atomic E-state index is 13.5. The number of carbonyl (C=O) groups excluding carboxylic acids is 3. The summed E-state index contributed by atoms with van der Waals surface area (Å²) in [6, 6.07) is 6.04. The van der Waals surface area contributed by atoms with E-state index < -0.39 is 23.8 Å². The molecule has 0 aromatic heterocycles. The molecule has 184 valence electrons. The molecule has 8 heteroatoms. The molecule has 3 amide bonds. The van der Waals surface area contributed by atoms with Crippen molar-refractivity contribution in [2.24, 2.45) is 0 Å². The summed E-state index contributed by atoms with van der Waals surface area (Å²) in [4.78, 5) is 40.9. The highest BCUT2D eigenvalue weighted by Gasteiger charge is 2.35. The van der Waals surface area contributed by atoms with Gasteiger partial charge >= 0.3 is 6.09 Å². The van der Waals surface area contributed by atoms with Crippen molar-refractivity contribution in [2.45, 2.75) is 90.4 Å². The van der Waals surface area contributed by atoms with Gasteiger partial charge in [0.05, 0.1) is 0 Å². The first-order valence-electron chi connectivity index (χ1n) is 11.8. The highest BCUT2D eigenvalue weighted by atomic mass is 32.1. The van der Waals surface area contributed by atoms with E-state index in [-0.39, 0.29) is 23.6 Å². The van der Waals surface area contributed by atoms with Crippen molar-refractivity contribution in [1.29, 1.82) is 0 Å². The Labute approximate surface area is 203 Å². The SMILES string of the molecule is CCN(C(=O)C(CS)NC(=O)OC(C)(C)C)C(C(=O)NC1CCCCC1)c1cccc(C)c1. The largest absolute Gasteiger partial charge is 0.444 e. The Hall–Kier alpha value is -2.22. The van der Waals surface area contributed by atoms with Gasteiger partial charge in [0.15, 0.2) is 0 Å². The quantitative estimate of drug-likeness (QED) is 0.491. The van der Waals surface area contributed by atoms with Crippen LogP contribution in [-0.4, -0.2) is 52.8 Å². The van der Waals surface area contributed by atoms with Crippen LogP contribution in [0.2, 0.25) is 0 Å². The van der Waals surface area contributed by atoms with Crippen molar-refractivity contribution in [2.75, 3.05) is 12.3 Å². The van der Waals surface area contributed by atoms with Crippen LogP contribution in [0.25, 0.3) is 0 Å². The van der Waals surface area contributed by atoms with Crippen LogP contribution < -0.4 is 10.6 Å². The fourth-order valence-electron chi connectivity index (χ4n) is 4.14. The number of ether oxygens (including phenoxy) is 1. The van der Waals surface area contributed by atoms with Gasteiger partial charge in [-0.25, -0.2) is 4.79 Å². The van der Waals surface area contributed by atoms with Gasteiger partial charge in [0.2, 0.25) is 11.8 Å². The molecule has 0 saturated heterocycles. The number of nitrogens with zero attached hydrogens (tertiary/aromatic N) is 1. The van der Waals surface area contributed by atoms with Crippen LogP contribution in [0.3, 0.4) is 0 Å². The third kappa shape index (κ3) is 8.25. The number of amides is 3. The fraction of sp³-hybridized carbons (Fsp3) is 0.640. The molecule has 0 spiro atoms. The van der Waals surface area contributed by atoms with Gasteiger partial charge in [-0.3, -0.25) is 9.59 Å². The first-order chi connectivity index (χ1) is 15.6. The Kier molecular flexibility index (Phi) is 10.1. The number of hydrogen-bond acceptors (Lipinski definition) is 5. The highest BCUT2D eigenvalue weighted by molar-refractivity contribution is 7.80. The average Bonchev–Trinajstić information content (AvgIpc) is 2.74. The minimum absolute atomic E-state index is 0.0827. The van der Waals surface area contributed by atoms with Crippen molar-refractivity contribution in [3.05, 3.63) is 35.4 Å². The van der Waals surface area contributed by atoms with E-state index in [1.807, 2.05) is 38.1 Å². The molecule has 1 aliphatic carbocycles. The number of aryl methyl sites for hydroxylation is 1. The molecule has 1 aromatic rings. The number of hydrogen-bond donors (Lipinski definition) is 3. The van der Waals surface area contributed by atoms with Gasteiger partial charge in [0, 0.05) is 18.3 Å². The number of carbonyl (C=O) groups is 3. The molecule has 1 aromatic carbocycles.